The highest BCUT2D eigenvalue weighted by Crippen LogP contribution is 2.22. The third kappa shape index (κ3) is 4.20. The molecule has 2 aromatic carbocycles. The third-order valence-electron chi connectivity index (χ3n) is 2.53. The summed E-state index contributed by atoms with van der Waals surface area (Å²) in [6, 6.07) is 9.51. The molecule has 0 aliphatic carbocycles. The number of phenolic OH excluding ortho intramolecular Hbond substituents is 1. The molecule has 0 fully saturated rings. The van der Waals surface area contributed by atoms with Crippen LogP contribution in [0.25, 0.3) is 0 Å². The third-order valence-corrected chi connectivity index (χ3v) is 3.76. The molecule has 0 aliphatic rings. The molecule has 0 atom stereocenters. The lowest BCUT2D eigenvalue weighted by atomic mass is 10.2. The number of carbonyl (C=O) groups excluding carboxylic acids is 1. The Morgan fingerprint density at radius 1 is 1.19 bits per heavy atom. The van der Waals surface area contributed by atoms with E-state index in [-0.39, 0.29) is 11.3 Å². The van der Waals surface area contributed by atoms with Gasteiger partial charge in [-0.1, -0.05) is 45.2 Å². The van der Waals surface area contributed by atoms with E-state index in [9.17, 15) is 9.90 Å². The maximum absolute atomic E-state index is 11.9. The van der Waals surface area contributed by atoms with Crippen LogP contribution in [-0.2, 0) is 0 Å². The van der Waals surface area contributed by atoms with Gasteiger partial charge < -0.3 is 5.11 Å². The van der Waals surface area contributed by atoms with E-state index >= 15 is 0 Å². The molecule has 7 heteroatoms. The molecule has 0 spiro atoms. The van der Waals surface area contributed by atoms with Crippen molar-refractivity contribution in [1.82, 2.24) is 5.43 Å². The molecular weight excluding hydrogens is 379 g/mol. The fourth-order valence-electron chi connectivity index (χ4n) is 1.51. The summed E-state index contributed by atoms with van der Waals surface area (Å²) < 4.78 is 0.680. The molecule has 2 aromatic rings. The van der Waals surface area contributed by atoms with E-state index in [4.69, 9.17) is 23.2 Å². The summed E-state index contributed by atoms with van der Waals surface area (Å²) in [6.45, 7) is 0. The average Bonchev–Trinajstić information content (AvgIpc) is 2.45. The Labute approximate surface area is 139 Å². The van der Waals surface area contributed by atoms with Gasteiger partial charge in [-0.15, -0.1) is 0 Å². The van der Waals surface area contributed by atoms with Crippen molar-refractivity contribution in [2.24, 2.45) is 5.10 Å². The zero-order chi connectivity index (χ0) is 15.4. The van der Waals surface area contributed by atoms with E-state index in [1.54, 1.807) is 24.3 Å². The molecule has 0 saturated heterocycles. The normalized spacial score (nSPS) is 10.8. The molecular formula is C14H9BrCl2N2O2. The first-order chi connectivity index (χ1) is 9.97. The SMILES string of the molecule is O=C(NN=Cc1ccc(Cl)c(Cl)c1)c1cc(Br)ccc1O. The van der Waals surface area contributed by atoms with Gasteiger partial charge in [0.05, 0.1) is 21.8 Å². The lowest BCUT2D eigenvalue weighted by molar-refractivity contribution is 0.0952. The van der Waals surface area contributed by atoms with E-state index < -0.39 is 5.91 Å². The zero-order valence-corrected chi connectivity index (χ0v) is 13.6. The van der Waals surface area contributed by atoms with E-state index in [0.717, 1.165) is 0 Å². The van der Waals surface area contributed by atoms with Gasteiger partial charge in [-0.05, 0) is 35.9 Å². The number of hydrogen-bond acceptors (Lipinski definition) is 3. The molecule has 0 heterocycles. The van der Waals surface area contributed by atoms with Crippen molar-refractivity contribution in [1.29, 1.82) is 0 Å². The molecule has 108 valence electrons. The minimum absolute atomic E-state index is 0.121. The van der Waals surface area contributed by atoms with Crippen LogP contribution in [0.15, 0.2) is 46.0 Å². The highest BCUT2D eigenvalue weighted by Gasteiger charge is 2.10. The van der Waals surface area contributed by atoms with Crippen LogP contribution in [0.3, 0.4) is 0 Å². The van der Waals surface area contributed by atoms with Crippen molar-refractivity contribution < 1.29 is 9.90 Å². The number of carbonyl (C=O) groups is 1. The van der Waals surface area contributed by atoms with Crippen molar-refractivity contribution in [3.8, 4) is 5.75 Å². The molecule has 0 radical (unpaired) electrons. The molecule has 0 aliphatic heterocycles. The Bertz CT molecular complexity index is 720. The Morgan fingerprint density at radius 3 is 2.67 bits per heavy atom. The van der Waals surface area contributed by atoms with Crippen LogP contribution in [0.4, 0.5) is 0 Å². The predicted molar refractivity (Wildman–Crippen MR) is 87.3 cm³/mol. The summed E-state index contributed by atoms with van der Waals surface area (Å²) in [5.41, 5.74) is 3.13. The molecule has 0 aromatic heterocycles. The van der Waals surface area contributed by atoms with Crippen LogP contribution in [-0.4, -0.2) is 17.2 Å². The van der Waals surface area contributed by atoms with E-state index in [2.05, 4.69) is 26.5 Å². The first kappa shape index (κ1) is 15.8. The standard InChI is InChI=1S/C14H9BrCl2N2O2/c15-9-2-4-13(20)10(6-9)14(21)19-18-7-8-1-3-11(16)12(17)5-8/h1-7,20H,(H,19,21). The monoisotopic (exact) mass is 386 g/mol. The molecule has 4 nitrogen and oxygen atoms in total. The van der Waals surface area contributed by atoms with E-state index in [1.165, 1.54) is 18.3 Å². The Hall–Kier alpha value is -1.56. The summed E-state index contributed by atoms with van der Waals surface area (Å²) in [5.74, 6) is -0.648. The van der Waals surface area contributed by atoms with Crippen LogP contribution in [0.1, 0.15) is 15.9 Å². The highest BCUT2D eigenvalue weighted by atomic mass is 79.9. The second-order valence-corrected chi connectivity index (χ2v) is 5.76. The van der Waals surface area contributed by atoms with Crippen molar-refractivity contribution >= 4 is 51.3 Å². The van der Waals surface area contributed by atoms with Crippen molar-refractivity contribution in [3.63, 3.8) is 0 Å². The summed E-state index contributed by atoms with van der Waals surface area (Å²) in [5, 5.41) is 14.3. The van der Waals surface area contributed by atoms with E-state index in [1.807, 2.05) is 0 Å². The van der Waals surface area contributed by atoms with Crippen LogP contribution in [0.2, 0.25) is 10.0 Å². The topological polar surface area (TPSA) is 61.7 Å². The largest absolute Gasteiger partial charge is 0.507 e. The molecule has 21 heavy (non-hydrogen) atoms. The number of aromatic hydroxyl groups is 1. The maximum atomic E-state index is 11.9. The molecule has 0 saturated carbocycles. The number of phenols is 1. The number of benzene rings is 2. The first-order valence-electron chi connectivity index (χ1n) is 5.74. The number of rotatable bonds is 3. The molecule has 2 N–H and O–H groups in total. The fourth-order valence-corrected chi connectivity index (χ4v) is 2.18. The second kappa shape index (κ2) is 6.93. The number of halogens is 3. The molecule has 1 amide bonds. The van der Waals surface area contributed by atoms with Gasteiger partial charge in [0.2, 0.25) is 0 Å². The number of nitrogens with zero attached hydrogens (tertiary/aromatic N) is 1. The molecule has 0 unspecified atom stereocenters. The van der Waals surface area contributed by atoms with Gasteiger partial charge >= 0.3 is 0 Å². The van der Waals surface area contributed by atoms with Gasteiger partial charge in [0.1, 0.15) is 5.75 Å². The number of nitrogens with one attached hydrogen (secondary N) is 1. The van der Waals surface area contributed by atoms with Gasteiger partial charge in [0.25, 0.3) is 5.91 Å². The van der Waals surface area contributed by atoms with Gasteiger partial charge in [-0.3, -0.25) is 4.79 Å². The summed E-state index contributed by atoms with van der Waals surface area (Å²) in [7, 11) is 0. The second-order valence-electron chi connectivity index (χ2n) is 4.03. The van der Waals surface area contributed by atoms with Crippen molar-refractivity contribution in [2.75, 3.05) is 0 Å². The van der Waals surface area contributed by atoms with Gasteiger partial charge in [-0.25, -0.2) is 5.43 Å². The minimum atomic E-state index is -0.523. The van der Waals surface area contributed by atoms with Crippen LogP contribution < -0.4 is 5.43 Å². The van der Waals surface area contributed by atoms with E-state index in [0.29, 0.717) is 20.1 Å². The Balaban J connectivity index is 2.08. The smallest absolute Gasteiger partial charge is 0.275 e. The average molecular weight is 388 g/mol. The number of hydrazone groups is 1. The lowest BCUT2D eigenvalue weighted by Crippen LogP contribution is -2.17. The van der Waals surface area contributed by atoms with Crippen molar-refractivity contribution in [2.45, 2.75) is 0 Å². The highest BCUT2D eigenvalue weighted by molar-refractivity contribution is 9.10. The van der Waals surface area contributed by atoms with Crippen LogP contribution >= 0.6 is 39.1 Å². The lowest BCUT2D eigenvalue weighted by Gasteiger charge is -2.03. The van der Waals surface area contributed by atoms with Gasteiger partial charge in [0.15, 0.2) is 0 Å². The fraction of sp³-hybridized carbons (Fsp3) is 0. The summed E-state index contributed by atoms with van der Waals surface area (Å²) in [4.78, 5) is 11.9. The zero-order valence-electron chi connectivity index (χ0n) is 10.5. The van der Waals surface area contributed by atoms with Crippen LogP contribution in [0.5, 0.6) is 5.75 Å². The minimum Gasteiger partial charge on any atom is -0.507 e. The number of hydrogen-bond donors (Lipinski definition) is 2. The Kier molecular flexibility index (Phi) is 5.22. The summed E-state index contributed by atoms with van der Waals surface area (Å²) in [6.07, 6.45) is 1.43. The molecule has 2 rings (SSSR count). The molecule has 0 bridgehead atoms. The predicted octanol–water partition coefficient (Wildman–Crippen LogP) is 4.23. The van der Waals surface area contributed by atoms with Crippen molar-refractivity contribution in [3.05, 3.63) is 62.0 Å². The summed E-state index contributed by atoms with van der Waals surface area (Å²) >= 11 is 14.9. The number of amides is 1. The first-order valence-corrected chi connectivity index (χ1v) is 7.29. The van der Waals surface area contributed by atoms with Gasteiger partial charge in [0, 0.05) is 4.47 Å². The Morgan fingerprint density at radius 2 is 1.95 bits per heavy atom. The quantitative estimate of drug-likeness (QED) is 0.611. The van der Waals surface area contributed by atoms with Crippen LogP contribution in [0, 0.1) is 0 Å². The van der Waals surface area contributed by atoms with Gasteiger partial charge in [-0.2, -0.15) is 5.10 Å². The maximum Gasteiger partial charge on any atom is 0.275 e.